The minimum Gasteiger partial charge on any atom is -0.357 e. The summed E-state index contributed by atoms with van der Waals surface area (Å²) in [5, 5.41) is 2.50. The fraction of sp³-hybridized carbons (Fsp3) is 0.643. The Morgan fingerprint density at radius 2 is 1.68 bits per heavy atom. The fourth-order valence-electron chi connectivity index (χ4n) is 3.81. The van der Waals surface area contributed by atoms with E-state index in [0.29, 0.717) is 0 Å². The number of hydrogen-bond acceptors (Lipinski definition) is 3. The predicted molar refractivity (Wildman–Crippen MR) is 67.7 cm³/mol. The summed E-state index contributed by atoms with van der Waals surface area (Å²) in [6, 6.07) is -0.713. The van der Waals surface area contributed by atoms with E-state index >= 15 is 0 Å². The molecule has 5 nitrogen and oxygen atoms in total. The topological polar surface area (TPSA) is 66.5 Å². The van der Waals surface area contributed by atoms with E-state index in [1.807, 2.05) is 0 Å². The standard InChI is InChI=1S/C14H18N2O3/c1-7(12(17)15-2)16-13(18)10-8-3-4-9(6-5-8)11(10)14(16)19/h3-4,7-11H,5-6H2,1-2H3,(H,15,17)/t7-,8+,9+,10-,11+/m1/s1. The van der Waals surface area contributed by atoms with E-state index in [1.165, 1.54) is 11.9 Å². The minimum absolute atomic E-state index is 0.162. The third kappa shape index (κ3) is 1.57. The van der Waals surface area contributed by atoms with Gasteiger partial charge in [-0.25, -0.2) is 0 Å². The molecule has 1 N–H and O–H groups in total. The molecule has 2 bridgehead atoms. The Morgan fingerprint density at radius 3 is 2.05 bits per heavy atom. The van der Waals surface area contributed by atoms with Gasteiger partial charge in [-0.15, -0.1) is 0 Å². The maximum Gasteiger partial charge on any atom is 0.242 e. The number of nitrogens with one attached hydrogen (secondary N) is 1. The molecule has 1 saturated carbocycles. The zero-order valence-corrected chi connectivity index (χ0v) is 11.1. The molecule has 0 aromatic heterocycles. The molecule has 5 atom stereocenters. The molecule has 102 valence electrons. The van der Waals surface area contributed by atoms with Crippen LogP contribution in [0, 0.1) is 23.7 Å². The largest absolute Gasteiger partial charge is 0.357 e. The second kappa shape index (κ2) is 4.18. The van der Waals surface area contributed by atoms with Crippen LogP contribution in [0.1, 0.15) is 19.8 Å². The van der Waals surface area contributed by atoms with Crippen LogP contribution >= 0.6 is 0 Å². The third-order valence-electron chi connectivity index (χ3n) is 4.81. The van der Waals surface area contributed by atoms with Gasteiger partial charge in [0.1, 0.15) is 6.04 Å². The summed E-state index contributed by atoms with van der Waals surface area (Å²) in [6.45, 7) is 1.61. The summed E-state index contributed by atoms with van der Waals surface area (Å²) in [5.74, 6) is -0.732. The van der Waals surface area contributed by atoms with Gasteiger partial charge < -0.3 is 5.32 Å². The van der Waals surface area contributed by atoms with Gasteiger partial charge in [0, 0.05) is 7.05 Å². The molecule has 3 aliphatic carbocycles. The van der Waals surface area contributed by atoms with Crippen LogP contribution in [0.5, 0.6) is 0 Å². The van der Waals surface area contributed by atoms with Crippen LogP contribution in [0.2, 0.25) is 0 Å². The van der Waals surface area contributed by atoms with Crippen molar-refractivity contribution in [1.82, 2.24) is 10.2 Å². The number of amides is 3. The highest BCUT2D eigenvalue weighted by Crippen LogP contribution is 2.49. The zero-order valence-electron chi connectivity index (χ0n) is 11.1. The second-order valence-electron chi connectivity index (χ2n) is 5.68. The lowest BCUT2D eigenvalue weighted by Gasteiger charge is -2.38. The number of likely N-dealkylation sites (tertiary alicyclic amines) is 1. The Labute approximate surface area is 112 Å². The second-order valence-corrected chi connectivity index (χ2v) is 5.68. The van der Waals surface area contributed by atoms with Crippen molar-refractivity contribution in [2.75, 3.05) is 7.05 Å². The molecule has 4 rings (SSSR count). The van der Waals surface area contributed by atoms with Gasteiger partial charge in [-0.05, 0) is 31.6 Å². The molecule has 1 aliphatic heterocycles. The van der Waals surface area contributed by atoms with Crippen LogP contribution in [0.4, 0.5) is 0 Å². The quantitative estimate of drug-likeness (QED) is 0.575. The first kappa shape index (κ1) is 12.4. The molecular weight excluding hydrogens is 244 g/mol. The molecule has 2 fully saturated rings. The molecule has 1 saturated heterocycles. The molecule has 0 spiro atoms. The summed E-state index contributed by atoms with van der Waals surface area (Å²) in [5.41, 5.74) is 0. The monoisotopic (exact) mass is 262 g/mol. The van der Waals surface area contributed by atoms with Crippen molar-refractivity contribution < 1.29 is 14.4 Å². The van der Waals surface area contributed by atoms with Crippen LogP contribution < -0.4 is 5.32 Å². The first-order chi connectivity index (χ1) is 9.06. The Hall–Kier alpha value is -1.65. The van der Waals surface area contributed by atoms with Gasteiger partial charge in [0.05, 0.1) is 11.8 Å². The van der Waals surface area contributed by atoms with Gasteiger partial charge in [0.15, 0.2) is 0 Å². The summed E-state index contributed by atoms with van der Waals surface area (Å²) in [7, 11) is 1.52. The van der Waals surface area contributed by atoms with Gasteiger partial charge in [-0.1, -0.05) is 12.2 Å². The molecular formula is C14H18N2O3. The lowest BCUT2D eigenvalue weighted by atomic mass is 9.63. The van der Waals surface area contributed by atoms with Crippen molar-refractivity contribution in [1.29, 1.82) is 0 Å². The smallest absolute Gasteiger partial charge is 0.242 e. The van der Waals surface area contributed by atoms with Gasteiger partial charge in [0.2, 0.25) is 17.7 Å². The van der Waals surface area contributed by atoms with Crippen molar-refractivity contribution in [2.45, 2.75) is 25.8 Å². The highest BCUT2D eigenvalue weighted by Gasteiger charge is 2.57. The van der Waals surface area contributed by atoms with Crippen molar-refractivity contribution >= 4 is 17.7 Å². The number of likely N-dealkylation sites (N-methyl/N-ethyl adjacent to an activating group) is 1. The Bertz CT molecular complexity index is 453. The Kier molecular flexibility index (Phi) is 2.73. The highest BCUT2D eigenvalue weighted by molar-refractivity contribution is 6.08. The number of nitrogens with zero attached hydrogens (tertiary/aromatic N) is 1. The van der Waals surface area contributed by atoms with Crippen LogP contribution in [-0.2, 0) is 14.4 Å². The molecule has 1 heterocycles. The van der Waals surface area contributed by atoms with Gasteiger partial charge in [0.25, 0.3) is 0 Å². The van der Waals surface area contributed by atoms with E-state index < -0.39 is 6.04 Å². The summed E-state index contributed by atoms with van der Waals surface area (Å²) < 4.78 is 0. The zero-order chi connectivity index (χ0) is 13.7. The van der Waals surface area contributed by atoms with E-state index in [0.717, 1.165) is 12.8 Å². The van der Waals surface area contributed by atoms with Crippen molar-refractivity contribution in [3.8, 4) is 0 Å². The molecule has 4 aliphatic rings. The van der Waals surface area contributed by atoms with Crippen LogP contribution in [0.3, 0.4) is 0 Å². The highest BCUT2D eigenvalue weighted by atomic mass is 16.2. The van der Waals surface area contributed by atoms with Gasteiger partial charge >= 0.3 is 0 Å². The maximum absolute atomic E-state index is 12.5. The van der Waals surface area contributed by atoms with E-state index in [1.54, 1.807) is 6.92 Å². The summed E-state index contributed by atoms with van der Waals surface area (Å²) in [6.07, 6.45) is 6.11. The Morgan fingerprint density at radius 1 is 1.21 bits per heavy atom. The minimum atomic E-state index is -0.713. The number of allylic oxidation sites excluding steroid dienone is 2. The Balaban J connectivity index is 1.93. The number of fused-ring (bicyclic) bond motifs is 1. The van der Waals surface area contributed by atoms with Crippen LogP contribution in [0.25, 0.3) is 0 Å². The average Bonchev–Trinajstić information content (AvgIpc) is 2.73. The molecule has 5 heteroatoms. The molecule has 19 heavy (non-hydrogen) atoms. The van der Waals surface area contributed by atoms with E-state index in [-0.39, 0.29) is 41.4 Å². The lowest BCUT2D eigenvalue weighted by Crippen LogP contribution is -2.47. The van der Waals surface area contributed by atoms with Crippen molar-refractivity contribution in [3.05, 3.63) is 12.2 Å². The number of carbonyl (C=O) groups is 3. The number of carbonyl (C=O) groups excluding carboxylic acids is 3. The first-order valence-electron chi connectivity index (χ1n) is 6.83. The SMILES string of the molecule is CNC(=O)[C@@H](C)N1C(=O)[C@@H]2[C@H](C1=O)[C@H]1C=C[C@H]2CC1. The van der Waals surface area contributed by atoms with Gasteiger partial charge in [-0.3, -0.25) is 19.3 Å². The van der Waals surface area contributed by atoms with E-state index in [4.69, 9.17) is 0 Å². The molecule has 0 aromatic carbocycles. The lowest BCUT2D eigenvalue weighted by molar-refractivity contribution is -0.147. The maximum atomic E-state index is 12.5. The van der Waals surface area contributed by atoms with E-state index in [2.05, 4.69) is 17.5 Å². The first-order valence-corrected chi connectivity index (χ1v) is 6.83. The van der Waals surface area contributed by atoms with Gasteiger partial charge in [-0.2, -0.15) is 0 Å². The number of imide groups is 1. The summed E-state index contributed by atoms with van der Waals surface area (Å²) in [4.78, 5) is 37.9. The van der Waals surface area contributed by atoms with Crippen LogP contribution in [0.15, 0.2) is 12.2 Å². The molecule has 0 unspecified atom stereocenters. The molecule has 3 amide bonds. The van der Waals surface area contributed by atoms with Crippen LogP contribution in [-0.4, -0.2) is 35.7 Å². The van der Waals surface area contributed by atoms with E-state index in [9.17, 15) is 14.4 Å². The normalized spacial score (nSPS) is 37.5. The molecule has 0 aromatic rings. The average molecular weight is 262 g/mol. The molecule has 0 radical (unpaired) electrons. The number of hydrogen-bond donors (Lipinski definition) is 1. The van der Waals surface area contributed by atoms with Crippen molar-refractivity contribution in [3.63, 3.8) is 0 Å². The third-order valence-corrected chi connectivity index (χ3v) is 4.81. The fourth-order valence-corrected chi connectivity index (χ4v) is 3.81. The summed E-state index contributed by atoms with van der Waals surface area (Å²) >= 11 is 0. The number of rotatable bonds is 2. The predicted octanol–water partition coefficient (Wildman–Crippen LogP) is 0.318. The van der Waals surface area contributed by atoms with Crippen molar-refractivity contribution in [2.24, 2.45) is 23.7 Å².